The minimum atomic E-state index is -0.201. The summed E-state index contributed by atoms with van der Waals surface area (Å²) in [5.74, 6) is 0.665. The van der Waals surface area contributed by atoms with Crippen LogP contribution in [0.15, 0.2) is 23.1 Å². The molecule has 0 radical (unpaired) electrons. The molecule has 1 unspecified atom stereocenters. The standard InChI is InChI=1S/C12H17ClN2OS.ClH/c1-3-17-11-5-4-9(13)6-10(11)15-12(16)8(2)7-14;/h4-6,8H,3,7,14H2,1-2H3,(H,15,16);1H. The summed E-state index contributed by atoms with van der Waals surface area (Å²) in [6.07, 6.45) is 0. The van der Waals surface area contributed by atoms with Gasteiger partial charge in [-0.15, -0.1) is 24.2 Å². The highest BCUT2D eigenvalue weighted by molar-refractivity contribution is 7.99. The lowest BCUT2D eigenvalue weighted by molar-refractivity contribution is -0.119. The van der Waals surface area contributed by atoms with Gasteiger partial charge in [-0.25, -0.2) is 0 Å². The lowest BCUT2D eigenvalue weighted by Crippen LogP contribution is -2.26. The highest BCUT2D eigenvalue weighted by Crippen LogP contribution is 2.30. The summed E-state index contributed by atoms with van der Waals surface area (Å²) >= 11 is 7.60. The van der Waals surface area contributed by atoms with Crippen LogP contribution < -0.4 is 11.1 Å². The molecule has 1 aromatic carbocycles. The average Bonchev–Trinajstić information content (AvgIpc) is 2.31. The van der Waals surface area contributed by atoms with Gasteiger partial charge in [0.1, 0.15) is 0 Å². The molecule has 0 aliphatic rings. The van der Waals surface area contributed by atoms with Gasteiger partial charge >= 0.3 is 0 Å². The molecule has 102 valence electrons. The van der Waals surface area contributed by atoms with Gasteiger partial charge in [0, 0.05) is 22.4 Å². The first kappa shape index (κ1) is 17.6. The van der Waals surface area contributed by atoms with Crippen molar-refractivity contribution in [3.8, 4) is 0 Å². The third kappa shape index (κ3) is 5.06. The summed E-state index contributed by atoms with van der Waals surface area (Å²) in [6.45, 7) is 4.20. The maximum absolute atomic E-state index is 11.8. The third-order valence-corrected chi connectivity index (χ3v) is 3.49. The Morgan fingerprint density at radius 2 is 2.22 bits per heavy atom. The largest absolute Gasteiger partial charge is 0.330 e. The monoisotopic (exact) mass is 308 g/mol. The summed E-state index contributed by atoms with van der Waals surface area (Å²) < 4.78 is 0. The fraction of sp³-hybridized carbons (Fsp3) is 0.417. The quantitative estimate of drug-likeness (QED) is 0.820. The van der Waals surface area contributed by atoms with Gasteiger partial charge in [-0.1, -0.05) is 25.4 Å². The predicted octanol–water partition coefficient (Wildman–Crippen LogP) is 3.41. The zero-order valence-corrected chi connectivity index (χ0v) is 12.8. The molecule has 18 heavy (non-hydrogen) atoms. The maximum Gasteiger partial charge on any atom is 0.228 e. The van der Waals surface area contributed by atoms with Crippen LogP contribution in [-0.4, -0.2) is 18.2 Å². The van der Waals surface area contributed by atoms with Crippen LogP contribution >= 0.6 is 35.8 Å². The second kappa shape index (κ2) is 8.64. The molecule has 0 heterocycles. The lowest BCUT2D eigenvalue weighted by Gasteiger charge is -2.13. The SMILES string of the molecule is CCSc1ccc(Cl)cc1NC(=O)C(C)CN.Cl. The Morgan fingerprint density at radius 1 is 1.56 bits per heavy atom. The summed E-state index contributed by atoms with van der Waals surface area (Å²) in [5.41, 5.74) is 6.22. The molecule has 0 spiro atoms. The molecule has 6 heteroatoms. The van der Waals surface area contributed by atoms with E-state index in [1.54, 1.807) is 24.8 Å². The second-order valence-corrected chi connectivity index (χ2v) is 5.44. The molecule has 1 aromatic rings. The number of nitrogens with one attached hydrogen (secondary N) is 1. The van der Waals surface area contributed by atoms with Crippen molar-refractivity contribution in [2.45, 2.75) is 18.7 Å². The number of hydrogen-bond acceptors (Lipinski definition) is 3. The summed E-state index contributed by atoms with van der Waals surface area (Å²) in [6, 6.07) is 5.50. The normalized spacial score (nSPS) is 11.6. The fourth-order valence-corrected chi connectivity index (χ4v) is 2.16. The van der Waals surface area contributed by atoms with E-state index in [2.05, 4.69) is 12.2 Å². The van der Waals surface area contributed by atoms with E-state index >= 15 is 0 Å². The summed E-state index contributed by atoms with van der Waals surface area (Å²) in [4.78, 5) is 12.8. The van der Waals surface area contributed by atoms with E-state index in [1.165, 1.54) is 0 Å². The van der Waals surface area contributed by atoms with Gasteiger partial charge in [-0.3, -0.25) is 4.79 Å². The van der Waals surface area contributed by atoms with Crippen LogP contribution in [0.25, 0.3) is 0 Å². The Labute approximate surface area is 123 Å². The second-order valence-electron chi connectivity index (χ2n) is 3.70. The topological polar surface area (TPSA) is 55.1 Å². The number of amides is 1. The molecule has 0 bridgehead atoms. The Kier molecular flexibility index (Phi) is 8.44. The van der Waals surface area contributed by atoms with Gasteiger partial charge in [-0.2, -0.15) is 0 Å². The number of rotatable bonds is 5. The van der Waals surface area contributed by atoms with Crippen LogP contribution in [0.1, 0.15) is 13.8 Å². The van der Waals surface area contributed by atoms with Crippen LogP contribution in [0.5, 0.6) is 0 Å². The van der Waals surface area contributed by atoms with Gasteiger partial charge in [0.05, 0.1) is 5.69 Å². The van der Waals surface area contributed by atoms with Crippen molar-refractivity contribution in [3.05, 3.63) is 23.2 Å². The minimum Gasteiger partial charge on any atom is -0.330 e. The minimum absolute atomic E-state index is 0. The number of anilines is 1. The van der Waals surface area contributed by atoms with E-state index in [9.17, 15) is 4.79 Å². The molecule has 3 N–H and O–H groups in total. The van der Waals surface area contributed by atoms with Crippen molar-refractivity contribution < 1.29 is 4.79 Å². The van der Waals surface area contributed by atoms with Gasteiger partial charge in [0.25, 0.3) is 0 Å². The van der Waals surface area contributed by atoms with Crippen molar-refractivity contribution >= 4 is 47.4 Å². The Balaban J connectivity index is 0.00000289. The molecule has 1 rings (SSSR count). The Morgan fingerprint density at radius 3 is 2.78 bits per heavy atom. The van der Waals surface area contributed by atoms with Crippen molar-refractivity contribution in [1.29, 1.82) is 0 Å². The van der Waals surface area contributed by atoms with Crippen molar-refractivity contribution in [1.82, 2.24) is 0 Å². The Hall–Kier alpha value is -0.420. The van der Waals surface area contributed by atoms with E-state index in [1.807, 2.05) is 12.1 Å². The fourth-order valence-electron chi connectivity index (χ4n) is 1.24. The van der Waals surface area contributed by atoms with Crippen LogP contribution in [-0.2, 0) is 4.79 Å². The van der Waals surface area contributed by atoms with Crippen molar-refractivity contribution in [2.24, 2.45) is 11.7 Å². The van der Waals surface area contributed by atoms with E-state index in [0.717, 1.165) is 16.3 Å². The number of halogens is 2. The molecule has 0 fully saturated rings. The summed E-state index contributed by atoms with van der Waals surface area (Å²) in [7, 11) is 0. The first-order valence-corrected chi connectivity index (χ1v) is 6.88. The van der Waals surface area contributed by atoms with Crippen LogP contribution in [0, 0.1) is 5.92 Å². The first-order chi connectivity index (χ1) is 8.08. The predicted molar refractivity (Wildman–Crippen MR) is 81.9 cm³/mol. The van der Waals surface area contributed by atoms with E-state index in [-0.39, 0.29) is 24.2 Å². The smallest absolute Gasteiger partial charge is 0.228 e. The van der Waals surface area contributed by atoms with Crippen LogP contribution in [0.4, 0.5) is 5.69 Å². The highest BCUT2D eigenvalue weighted by atomic mass is 35.5. The number of thioether (sulfide) groups is 1. The molecule has 0 aliphatic carbocycles. The van der Waals surface area contributed by atoms with Gasteiger partial charge in [0.15, 0.2) is 0 Å². The molecule has 1 atom stereocenters. The van der Waals surface area contributed by atoms with Crippen molar-refractivity contribution in [3.63, 3.8) is 0 Å². The van der Waals surface area contributed by atoms with Crippen molar-refractivity contribution in [2.75, 3.05) is 17.6 Å². The average molecular weight is 309 g/mol. The number of nitrogens with two attached hydrogens (primary N) is 1. The molecule has 0 saturated heterocycles. The van der Waals surface area contributed by atoms with E-state index < -0.39 is 0 Å². The first-order valence-electron chi connectivity index (χ1n) is 5.51. The van der Waals surface area contributed by atoms with E-state index in [4.69, 9.17) is 17.3 Å². The lowest BCUT2D eigenvalue weighted by atomic mass is 10.1. The molecule has 1 amide bonds. The third-order valence-electron chi connectivity index (χ3n) is 2.30. The Bertz CT molecular complexity index is 402. The number of carbonyl (C=O) groups is 1. The number of carbonyl (C=O) groups excluding carboxylic acids is 1. The molecular weight excluding hydrogens is 291 g/mol. The number of hydrogen-bond donors (Lipinski definition) is 2. The molecule has 0 aliphatic heterocycles. The van der Waals surface area contributed by atoms with Crippen LogP contribution in [0.3, 0.4) is 0 Å². The summed E-state index contributed by atoms with van der Waals surface area (Å²) in [5, 5.41) is 3.47. The van der Waals surface area contributed by atoms with Gasteiger partial charge < -0.3 is 11.1 Å². The zero-order valence-electron chi connectivity index (χ0n) is 10.4. The molecule has 0 saturated carbocycles. The molecule has 0 aromatic heterocycles. The van der Waals surface area contributed by atoms with Gasteiger partial charge in [-0.05, 0) is 24.0 Å². The maximum atomic E-state index is 11.8. The molecule has 3 nitrogen and oxygen atoms in total. The number of benzene rings is 1. The zero-order chi connectivity index (χ0) is 12.8. The highest BCUT2D eigenvalue weighted by Gasteiger charge is 2.13. The molecular formula is C12H18Cl2N2OS. The van der Waals surface area contributed by atoms with Crippen LogP contribution in [0.2, 0.25) is 5.02 Å². The van der Waals surface area contributed by atoms with E-state index in [0.29, 0.717) is 11.6 Å². The van der Waals surface area contributed by atoms with Gasteiger partial charge in [0.2, 0.25) is 5.91 Å².